The first kappa shape index (κ1) is 13.6. The summed E-state index contributed by atoms with van der Waals surface area (Å²) in [6, 6.07) is 9.05. The molecular formula is C20H26O2. The third-order valence-corrected chi connectivity index (χ3v) is 6.85. The summed E-state index contributed by atoms with van der Waals surface area (Å²) in [7, 11) is 0. The Hall–Kier alpha value is -0.860. The van der Waals surface area contributed by atoms with Gasteiger partial charge in [-0.25, -0.2) is 0 Å². The highest BCUT2D eigenvalue weighted by atomic mass is 16.6. The molecule has 1 saturated heterocycles. The van der Waals surface area contributed by atoms with Crippen molar-refractivity contribution < 1.29 is 9.47 Å². The van der Waals surface area contributed by atoms with Crippen LogP contribution in [-0.4, -0.2) is 19.3 Å². The lowest BCUT2D eigenvalue weighted by Crippen LogP contribution is -2.23. The fourth-order valence-corrected chi connectivity index (χ4v) is 5.92. The van der Waals surface area contributed by atoms with Crippen LogP contribution in [0.4, 0.5) is 0 Å². The summed E-state index contributed by atoms with van der Waals surface area (Å²) < 4.78 is 11.1. The van der Waals surface area contributed by atoms with Crippen molar-refractivity contribution >= 4 is 0 Å². The molecule has 3 aliphatic carbocycles. The maximum Gasteiger partial charge on any atom is 0.104 e. The van der Waals surface area contributed by atoms with Gasteiger partial charge in [0, 0.05) is 0 Å². The van der Waals surface area contributed by atoms with Gasteiger partial charge in [-0.2, -0.15) is 0 Å². The Morgan fingerprint density at radius 2 is 1.91 bits per heavy atom. The molecule has 4 aliphatic rings. The van der Waals surface area contributed by atoms with Gasteiger partial charge in [0.05, 0.1) is 19.8 Å². The number of hydrogen-bond donors (Lipinski definition) is 0. The van der Waals surface area contributed by atoms with Crippen molar-refractivity contribution in [2.75, 3.05) is 13.2 Å². The maximum atomic E-state index is 5.89. The topological polar surface area (TPSA) is 21.8 Å². The Labute approximate surface area is 133 Å². The van der Waals surface area contributed by atoms with Crippen LogP contribution >= 0.6 is 0 Å². The summed E-state index contributed by atoms with van der Waals surface area (Å²) in [5.41, 5.74) is 3.02. The minimum Gasteiger partial charge on any atom is -0.374 e. The number of ether oxygens (including phenoxy) is 2. The normalized spacial score (nSPS) is 41.8. The van der Waals surface area contributed by atoms with E-state index >= 15 is 0 Å². The summed E-state index contributed by atoms with van der Waals surface area (Å²) in [5, 5.41) is 0. The van der Waals surface area contributed by atoms with E-state index in [-0.39, 0.29) is 0 Å². The van der Waals surface area contributed by atoms with Crippen molar-refractivity contribution in [3.8, 4) is 0 Å². The van der Waals surface area contributed by atoms with Crippen molar-refractivity contribution in [1.29, 1.82) is 0 Å². The minimum atomic E-state index is 0.369. The van der Waals surface area contributed by atoms with Crippen molar-refractivity contribution in [1.82, 2.24) is 0 Å². The molecule has 4 fully saturated rings. The summed E-state index contributed by atoms with van der Waals surface area (Å²) in [5.74, 6) is 4.91. The van der Waals surface area contributed by atoms with E-state index in [1.165, 1.54) is 37.7 Å². The molecule has 0 aromatic heterocycles. The van der Waals surface area contributed by atoms with Crippen LogP contribution in [0, 0.1) is 23.7 Å². The molecule has 6 atom stereocenters. The van der Waals surface area contributed by atoms with Gasteiger partial charge in [-0.05, 0) is 66.4 Å². The zero-order chi connectivity index (χ0) is 14.5. The SMILES string of the molecule is c1ccc(C2CC3CC2C2CCCC32)c(COCC2CO2)c1. The first-order chi connectivity index (χ1) is 10.9. The van der Waals surface area contributed by atoms with Crippen LogP contribution in [0.25, 0.3) is 0 Å². The van der Waals surface area contributed by atoms with Crippen molar-refractivity contribution in [3.05, 3.63) is 35.4 Å². The quantitative estimate of drug-likeness (QED) is 0.762. The number of fused-ring (bicyclic) bond motifs is 5. The van der Waals surface area contributed by atoms with E-state index in [0.717, 1.165) is 49.4 Å². The molecule has 22 heavy (non-hydrogen) atoms. The number of benzene rings is 1. The van der Waals surface area contributed by atoms with Crippen LogP contribution in [0.3, 0.4) is 0 Å². The van der Waals surface area contributed by atoms with E-state index in [1.807, 2.05) is 0 Å². The second kappa shape index (κ2) is 5.35. The van der Waals surface area contributed by atoms with Gasteiger partial charge in [-0.15, -0.1) is 0 Å². The van der Waals surface area contributed by atoms with E-state index < -0.39 is 0 Å². The summed E-state index contributed by atoms with van der Waals surface area (Å²) >= 11 is 0. The monoisotopic (exact) mass is 298 g/mol. The smallest absolute Gasteiger partial charge is 0.104 e. The first-order valence-corrected chi connectivity index (χ1v) is 9.17. The predicted octanol–water partition coefficient (Wildman–Crippen LogP) is 4.14. The summed E-state index contributed by atoms with van der Waals surface area (Å²) in [6.45, 7) is 2.41. The van der Waals surface area contributed by atoms with Gasteiger partial charge in [0.2, 0.25) is 0 Å². The molecule has 2 bridgehead atoms. The van der Waals surface area contributed by atoms with E-state index in [9.17, 15) is 0 Å². The van der Waals surface area contributed by atoms with Crippen molar-refractivity contribution in [3.63, 3.8) is 0 Å². The first-order valence-electron chi connectivity index (χ1n) is 9.17. The van der Waals surface area contributed by atoms with E-state index in [4.69, 9.17) is 9.47 Å². The van der Waals surface area contributed by atoms with Crippen LogP contribution in [-0.2, 0) is 16.1 Å². The number of epoxide rings is 1. The molecule has 118 valence electrons. The Morgan fingerprint density at radius 1 is 1.05 bits per heavy atom. The molecular weight excluding hydrogens is 272 g/mol. The van der Waals surface area contributed by atoms with Crippen LogP contribution in [0.5, 0.6) is 0 Å². The molecule has 2 heteroatoms. The zero-order valence-corrected chi connectivity index (χ0v) is 13.2. The van der Waals surface area contributed by atoms with Gasteiger partial charge in [-0.1, -0.05) is 30.7 Å². The van der Waals surface area contributed by atoms with Gasteiger partial charge < -0.3 is 9.47 Å². The van der Waals surface area contributed by atoms with Crippen LogP contribution in [0.2, 0.25) is 0 Å². The lowest BCUT2D eigenvalue weighted by molar-refractivity contribution is 0.103. The average Bonchev–Trinajstić information content (AvgIpc) is 2.99. The molecule has 0 radical (unpaired) electrons. The summed E-state index contributed by atoms with van der Waals surface area (Å²) in [4.78, 5) is 0. The zero-order valence-electron chi connectivity index (χ0n) is 13.2. The molecule has 5 rings (SSSR count). The summed E-state index contributed by atoms with van der Waals surface area (Å²) in [6.07, 6.45) is 7.82. The van der Waals surface area contributed by atoms with Crippen molar-refractivity contribution in [2.45, 2.75) is 50.7 Å². The maximum absolute atomic E-state index is 5.89. The molecule has 1 heterocycles. The third-order valence-electron chi connectivity index (χ3n) is 6.85. The number of rotatable bonds is 5. The molecule has 0 N–H and O–H groups in total. The van der Waals surface area contributed by atoms with Gasteiger partial charge in [0.15, 0.2) is 0 Å². The average molecular weight is 298 g/mol. The largest absolute Gasteiger partial charge is 0.374 e. The Kier molecular flexibility index (Phi) is 3.30. The van der Waals surface area contributed by atoms with Gasteiger partial charge >= 0.3 is 0 Å². The fourth-order valence-electron chi connectivity index (χ4n) is 5.92. The van der Waals surface area contributed by atoms with E-state index in [1.54, 1.807) is 5.56 Å². The van der Waals surface area contributed by atoms with E-state index in [2.05, 4.69) is 24.3 Å². The van der Waals surface area contributed by atoms with Gasteiger partial charge in [-0.3, -0.25) is 0 Å². The molecule has 0 amide bonds. The molecule has 1 aromatic rings. The molecule has 0 spiro atoms. The Morgan fingerprint density at radius 3 is 2.82 bits per heavy atom. The molecule has 6 unspecified atom stereocenters. The standard InChI is InChI=1S/C20H26O2/c1-2-5-16(13(4-1)10-21-11-15-12-22-15)19-8-14-9-20(19)18-7-3-6-17(14)18/h1-2,4-5,14-15,17-20H,3,6-12H2. The predicted molar refractivity (Wildman–Crippen MR) is 85.6 cm³/mol. The van der Waals surface area contributed by atoms with Crippen molar-refractivity contribution in [2.24, 2.45) is 23.7 Å². The van der Waals surface area contributed by atoms with Crippen LogP contribution in [0.15, 0.2) is 24.3 Å². The fraction of sp³-hybridized carbons (Fsp3) is 0.700. The highest BCUT2D eigenvalue weighted by Gasteiger charge is 2.54. The Balaban J connectivity index is 1.34. The minimum absolute atomic E-state index is 0.369. The van der Waals surface area contributed by atoms with Gasteiger partial charge in [0.25, 0.3) is 0 Å². The second-order valence-corrected chi connectivity index (χ2v) is 7.93. The van der Waals surface area contributed by atoms with Crippen LogP contribution in [0.1, 0.15) is 49.1 Å². The molecule has 3 saturated carbocycles. The van der Waals surface area contributed by atoms with Crippen LogP contribution < -0.4 is 0 Å². The second-order valence-electron chi connectivity index (χ2n) is 7.93. The molecule has 2 nitrogen and oxygen atoms in total. The number of hydrogen-bond acceptors (Lipinski definition) is 2. The highest BCUT2D eigenvalue weighted by molar-refractivity contribution is 5.33. The van der Waals surface area contributed by atoms with Gasteiger partial charge in [0.1, 0.15) is 6.10 Å². The third kappa shape index (κ3) is 2.23. The van der Waals surface area contributed by atoms with E-state index in [0.29, 0.717) is 6.10 Å². The Bertz CT molecular complexity index is 550. The lowest BCUT2D eigenvalue weighted by atomic mass is 9.72. The lowest BCUT2D eigenvalue weighted by Gasteiger charge is -2.33. The molecule has 1 aromatic carbocycles. The highest BCUT2D eigenvalue weighted by Crippen LogP contribution is 2.63. The molecule has 1 aliphatic heterocycles.